The highest BCUT2D eigenvalue weighted by molar-refractivity contribution is 5.95. The number of hydrogen-bond donors (Lipinski definition) is 2. The van der Waals surface area contributed by atoms with Crippen LogP contribution in [0.3, 0.4) is 0 Å². The lowest BCUT2D eigenvalue weighted by Crippen LogP contribution is -2.58. The lowest BCUT2D eigenvalue weighted by Gasteiger charge is -2.48. The maximum absolute atomic E-state index is 12.8. The Morgan fingerprint density at radius 3 is 2.58 bits per heavy atom. The summed E-state index contributed by atoms with van der Waals surface area (Å²) in [6.45, 7) is 3.08. The molecule has 2 bridgehead atoms. The van der Waals surface area contributed by atoms with E-state index in [4.69, 9.17) is 9.47 Å². The van der Waals surface area contributed by atoms with Crippen LogP contribution in [0.4, 0.5) is 0 Å². The van der Waals surface area contributed by atoms with Gasteiger partial charge in [-0.3, -0.25) is 14.5 Å². The predicted octanol–water partition coefficient (Wildman–Crippen LogP) is 3.16. The quantitative estimate of drug-likeness (QED) is 0.708. The summed E-state index contributed by atoms with van der Waals surface area (Å²) in [6.07, 6.45) is 5.11. The Morgan fingerprint density at radius 1 is 1.03 bits per heavy atom. The Bertz CT molecular complexity index is 1030. The van der Waals surface area contributed by atoms with Crippen molar-refractivity contribution >= 4 is 11.8 Å². The van der Waals surface area contributed by atoms with Crippen LogP contribution in [0, 0.1) is 6.92 Å². The Labute approximate surface area is 194 Å². The SMILES string of the molecule is Cc1ccccc1C(=O)NC1C[C@H]2CCC[C@H](C1)N2CC(=O)NCc1ccc2c(c1)OCO2. The second kappa shape index (κ2) is 9.43. The van der Waals surface area contributed by atoms with E-state index in [0.29, 0.717) is 25.2 Å². The van der Waals surface area contributed by atoms with Crippen LogP contribution >= 0.6 is 0 Å². The molecule has 5 rings (SSSR count). The molecule has 0 unspecified atom stereocenters. The number of piperidine rings is 2. The van der Waals surface area contributed by atoms with Gasteiger partial charge in [0.15, 0.2) is 11.5 Å². The van der Waals surface area contributed by atoms with E-state index in [2.05, 4.69) is 15.5 Å². The number of carbonyl (C=O) groups is 2. The van der Waals surface area contributed by atoms with Crippen LogP contribution in [0.15, 0.2) is 42.5 Å². The average Bonchev–Trinajstić information content (AvgIpc) is 3.26. The number of aryl methyl sites for hydroxylation is 1. The average molecular weight is 450 g/mol. The molecule has 2 aromatic carbocycles. The third-order valence-corrected chi connectivity index (χ3v) is 7.10. The smallest absolute Gasteiger partial charge is 0.251 e. The van der Waals surface area contributed by atoms with Gasteiger partial charge in [-0.25, -0.2) is 0 Å². The summed E-state index contributed by atoms with van der Waals surface area (Å²) in [4.78, 5) is 27.9. The van der Waals surface area contributed by atoms with Crippen molar-refractivity contribution in [2.75, 3.05) is 13.3 Å². The number of hydrogen-bond acceptors (Lipinski definition) is 5. The molecule has 33 heavy (non-hydrogen) atoms. The molecule has 7 heteroatoms. The molecule has 0 radical (unpaired) electrons. The second-order valence-electron chi connectivity index (χ2n) is 9.33. The van der Waals surface area contributed by atoms with Crippen molar-refractivity contribution in [2.24, 2.45) is 0 Å². The van der Waals surface area contributed by atoms with Crippen LogP contribution in [0.25, 0.3) is 0 Å². The summed E-state index contributed by atoms with van der Waals surface area (Å²) in [5, 5.41) is 6.31. The summed E-state index contributed by atoms with van der Waals surface area (Å²) >= 11 is 0. The highest BCUT2D eigenvalue weighted by Crippen LogP contribution is 2.34. The molecule has 7 nitrogen and oxygen atoms in total. The van der Waals surface area contributed by atoms with E-state index < -0.39 is 0 Å². The first-order valence-corrected chi connectivity index (χ1v) is 11.8. The van der Waals surface area contributed by atoms with Crippen LogP contribution in [0.5, 0.6) is 11.5 Å². The zero-order chi connectivity index (χ0) is 22.8. The fourth-order valence-electron chi connectivity index (χ4n) is 5.42. The number of amides is 2. The molecule has 2 atom stereocenters. The third-order valence-electron chi connectivity index (χ3n) is 7.10. The zero-order valence-corrected chi connectivity index (χ0v) is 19.0. The topological polar surface area (TPSA) is 79.9 Å². The normalized spacial score (nSPS) is 23.7. The molecule has 0 spiro atoms. The number of fused-ring (bicyclic) bond motifs is 3. The Hall–Kier alpha value is -3.06. The van der Waals surface area contributed by atoms with E-state index in [1.807, 2.05) is 49.4 Å². The van der Waals surface area contributed by atoms with Crippen LogP contribution in [-0.4, -0.2) is 48.2 Å². The van der Waals surface area contributed by atoms with Gasteiger partial charge in [-0.05, 0) is 61.9 Å². The molecule has 2 aromatic rings. The Balaban J connectivity index is 1.15. The van der Waals surface area contributed by atoms with Crippen LogP contribution in [0.1, 0.15) is 53.6 Å². The fourth-order valence-corrected chi connectivity index (χ4v) is 5.42. The standard InChI is InChI=1S/C26H31N3O4/c1-17-5-2-3-8-22(17)26(31)28-19-12-20-6-4-7-21(13-19)29(20)15-25(30)27-14-18-9-10-23-24(11-18)33-16-32-23/h2-3,5,8-11,19-21H,4,6-7,12-16H2,1H3,(H,27,30)(H,28,31)/t20-,21-/m1/s1. The monoisotopic (exact) mass is 449 g/mol. The molecule has 0 aliphatic carbocycles. The van der Waals surface area contributed by atoms with E-state index in [0.717, 1.165) is 53.9 Å². The maximum Gasteiger partial charge on any atom is 0.251 e. The molecular weight excluding hydrogens is 418 g/mol. The molecule has 2 saturated heterocycles. The number of rotatable bonds is 6. The lowest BCUT2D eigenvalue weighted by atomic mass is 9.81. The van der Waals surface area contributed by atoms with Crippen LogP contribution in [-0.2, 0) is 11.3 Å². The van der Waals surface area contributed by atoms with Crippen molar-refractivity contribution in [3.05, 3.63) is 59.2 Å². The number of ether oxygens (including phenoxy) is 2. The zero-order valence-electron chi connectivity index (χ0n) is 19.0. The summed E-state index contributed by atoms with van der Waals surface area (Å²) in [5.74, 6) is 1.51. The number of nitrogens with zero attached hydrogens (tertiary/aromatic N) is 1. The number of nitrogens with one attached hydrogen (secondary N) is 2. The van der Waals surface area contributed by atoms with E-state index in [1.54, 1.807) is 0 Å². The molecule has 0 saturated carbocycles. The first kappa shape index (κ1) is 21.8. The van der Waals surface area contributed by atoms with Crippen LogP contribution < -0.4 is 20.1 Å². The van der Waals surface area contributed by atoms with Gasteiger partial charge in [-0.1, -0.05) is 30.7 Å². The van der Waals surface area contributed by atoms with E-state index in [-0.39, 0.29) is 24.6 Å². The van der Waals surface area contributed by atoms with Gasteiger partial charge in [0, 0.05) is 30.2 Å². The summed E-state index contributed by atoms with van der Waals surface area (Å²) < 4.78 is 10.8. The predicted molar refractivity (Wildman–Crippen MR) is 124 cm³/mol. The molecular formula is C26H31N3O4. The van der Waals surface area contributed by atoms with E-state index in [1.165, 1.54) is 6.42 Å². The molecule has 3 aliphatic rings. The Morgan fingerprint density at radius 2 is 1.79 bits per heavy atom. The maximum atomic E-state index is 12.8. The van der Waals surface area contributed by atoms with Gasteiger partial charge in [0.2, 0.25) is 12.7 Å². The van der Waals surface area contributed by atoms with Gasteiger partial charge in [0.1, 0.15) is 0 Å². The first-order chi connectivity index (χ1) is 16.1. The molecule has 2 fully saturated rings. The highest BCUT2D eigenvalue weighted by atomic mass is 16.7. The summed E-state index contributed by atoms with van der Waals surface area (Å²) in [6, 6.07) is 14.3. The lowest BCUT2D eigenvalue weighted by molar-refractivity contribution is -0.125. The molecule has 2 amide bonds. The Kier molecular flexibility index (Phi) is 6.22. The van der Waals surface area contributed by atoms with Gasteiger partial charge in [0.25, 0.3) is 5.91 Å². The van der Waals surface area contributed by atoms with Crippen molar-refractivity contribution in [3.8, 4) is 11.5 Å². The molecule has 174 valence electrons. The largest absolute Gasteiger partial charge is 0.454 e. The summed E-state index contributed by atoms with van der Waals surface area (Å²) in [5.41, 5.74) is 2.73. The van der Waals surface area contributed by atoms with Crippen molar-refractivity contribution in [3.63, 3.8) is 0 Å². The summed E-state index contributed by atoms with van der Waals surface area (Å²) in [7, 11) is 0. The molecule has 2 N–H and O–H groups in total. The van der Waals surface area contributed by atoms with E-state index >= 15 is 0 Å². The van der Waals surface area contributed by atoms with Crippen molar-refractivity contribution < 1.29 is 19.1 Å². The van der Waals surface area contributed by atoms with E-state index in [9.17, 15) is 9.59 Å². The van der Waals surface area contributed by atoms with Gasteiger partial charge >= 0.3 is 0 Å². The van der Waals surface area contributed by atoms with Crippen molar-refractivity contribution in [1.29, 1.82) is 0 Å². The first-order valence-electron chi connectivity index (χ1n) is 11.8. The van der Waals surface area contributed by atoms with Crippen molar-refractivity contribution in [1.82, 2.24) is 15.5 Å². The van der Waals surface area contributed by atoms with Gasteiger partial charge < -0.3 is 20.1 Å². The second-order valence-corrected chi connectivity index (χ2v) is 9.33. The van der Waals surface area contributed by atoms with Gasteiger partial charge in [-0.15, -0.1) is 0 Å². The number of benzene rings is 2. The van der Waals surface area contributed by atoms with Gasteiger partial charge in [-0.2, -0.15) is 0 Å². The van der Waals surface area contributed by atoms with Crippen molar-refractivity contribution in [2.45, 2.75) is 63.7 Å². The van der Waals surface area contributed by atoms with Gasteiger partial charge in [0.05, 0.1) is 6.54 Å². The minimum absolute atomic E-state index is 0.00564. The van der Waals surface area contributed by atoms with Crippen LogP contribution in [0.2, 0.25) is 0 Å². The minimum Gasteiger partial charge on any atom is -0.454 e. The number of carbonyl (C=O) groups excluding carboxylic acids is 2. The fraction of sp³-hybridized carbons (Fsp3) is 0.462. The third kappa shape index (κ3) is 4.83. The molecule has 3 aliphatic heterocycles. The highest BCUT2D eigenvalue weighted by Gasteiger charge is 2.39. The molecule has 0 aromatic heterocycles. The molecule has 3 heterocycles. The minimum atomic E-state index is 0.00564.